The zero-order chi connectivity index (χ0) is 15.2. The number of benzene rings is 1. The summed E-state index contributed by atoms with van der Waals surface area (Å²) in [4.78, 5) is 15.0. The van der Waals surface area contributed by atoms with Crippen LogP contribution < -0.4 is 11.1 Å². The van der Waals surface area contributed by atoms with Gasteiger partial charge in [0.2, 0.25) is 5.91 Å². The lowest BCUT2D eigenvalue weighted by molar-refractivity contribution is -0.116. The average molecular weight is 308 g/mol. The highest BCUT2D eigenvalue weighted by Crippen LogP contribution is 2.17. The topological polar surface area (TPSA) is 71.2 Å². The first-order valence-electron chi connectivity index (χ1n) is 6.47. The second-order valence-corrected chi connectivity index (χ2v) is 5.67. The zero-order valence-corrected chi connectivity index (χ0v) is 12.5. The van der Waals surface area contributed by atoms with E-state index in [-0.39, 0.29) is 18.0 Å². The number of amides is 1. The second kappa shape index (κ2) is 7.14. The third kappa shape index (κ3) is 4.80. The van der Waals surface area contributed by atoms with E-state index in [0.717, 1.165) is 11.4 Å². The molecule has 2 rings (SSSR count). The number of halogens is 1. The Morgan fingerprint density at radius 2 is 2.29 bits per heavy atom. The van der Waals surface area contributed by atoms with Gasteiger partial charge in [0.05, 0.1) is 5.69 Å². The molecule has 0 atom stereocenters. The molecular weight excluding hydrogens is 291 g/mol. The molecule has 7 heteroatoms. The van der Waals surface area contributed by atoms with E-state index < -0.39 is 5.82 Å². The van der Waals surface area contributed by atoms with E-state index in [0.29, 0.717) is 12.2 Å². The van der Waals surface area contributed by atoms with Crippen LogP contribution in [0.3, 0.4) is 0 Å². The SMILES string of the molecule is CN(CCC(=O)Nc1cc(N)ccc1F)Cc1ccns1. The summed E-state index contributed by atoms with van der Waals surface area (Å²) >= 11 is 1.44. The zero-order valence-electron chi connectivity index (χ0n) is 11.7. The Kier molecular flexibility index (Phi) is 5.24. The largest absolute Gasteiger partial charge is 0.399 e. The van der Waals surface area contributed by atoms with E-state index in [1.165, 1.54) is 29.7 Å². The first-order valence-corrected chi connectivity index (χ1v) is 7.25. The molecule has 2 aromatic rings. The summed E-state index contributed by atoms with van der Waals surface area (Å²) in [6, 6.07) is 6.05. The molecule has 0 saturated carbocycles. The molecule has 0 aliphatic rings. The van der Waals surface area contributed by atoms with Crippen molar-refractivity contribution in [1.29, 1.82) is 0 Å². The van der Waals surface area contributed by atoms with E-state index in [9.17, 15) is 9.18 Å². The van der Waals surface area contributed by atoms with Crippen molar-refractivity contribution in [1.82, 2.24) is 9.27 Å². The number of anilines is 2. The average Bonchev–Trinajstić information content (AvgIpc) is 2.93. The number of carbonyl (C=O) groups excluding carboxylic acids is 1. The van der Waals surface area contributed by atoms with E-state index in [2.05, 4.69) is 9.69 Å². The molecule has 0 saturated heterocycles. The molecule has 0 unspecified atom stereocenters. The summed E-state index contributed by atoms with van der Waals surface area (Å²) in [5.74, 6) is -0.730. The maximum Gasteiger partial charge on any atom is 0.225 e. The first kappa shape index (κ1) is 15.4. The minimum absolute atomic E-state index is 0.116. The predicted octanol–water partition coefficient (Wildman–Crippen LogP) is 2.33. The molecule has 0 radical (unpaired) electrons. The van der Waals surface area contributed by atoms with Crippen LogP contribution in [0.1, 0.15) is 11.3 Å². The van der Waals surface area contributed by atoms with Crippen molar-refractivity contribution in [3.8, 4) is 0 Å². The summed E-state index contributed by atoms with van der Waals surface area (Å²) in [5.41, 5.74) is 6.10. The Morgan fingerprint density at radius 1 is 1.48 bits per heavy atom. The lowest BCUT2D eigenvalue weighted by Gasteiger charge is -2.15. The van der Waals surface area contributed by atoms with Gasteiger partial charge in [-0.2, -0.15) is 0 Å². The van der Waals surface area contributed by atoms with E-state index in [4.69, 9.17) is 5.73 Å². The molecule has 1 heterocycles. The second-order valence-electron chi connectivity index (χ2n) is 4.75. The number of nitrogens with two attached hydrogens (primary N) is 1. The van der Waals surface area contributed by atoms with Gasteiger partial charge in [0, 0.05) is 36.3 Å². The van der Waals surface area contributed by atoms with Crippen LogP contribution in [0.2, 0.25) is 0 Å². The summed E-state index contributed by atoms with van der Waals surface area (Å²) in [5, 5.41) is 2.53. The molecule has 1 amide bonds. The molecule has 0 aliphatic heterocycles. The maximum atomic E-state index is 13.5. The molecular formula is C14H17FN4OS. The van der Waals surface area contributed by atoms with E-state index in [1.54, 1.807) is 6.20 Å². The Bertz CT molecular complexity index is 603. The van der Waals surface area contributed by atoms with Crippen LogP contribution >= 0.6 is 11.5 Å². The molecule has 112 valence electrons. The summed E-state index contributed by atoms with van der Waals surface area (Å²) in [7, 11) is 1.92. The fraction of sp³-hybridized carbons (Fsp3) is 0.286. The van der Waals surface area contributed by atoms with Crippen LogP contribution in [0.25, 0.3) is 0 Å². The number of nitrogen functional groups attached to an aromatic ring is 1. The van der Waals surface area contributed by atoms with Crippen molar-refractivity contribution in [2.24, 2.45) is 0 Å². The molecule has 0 spiro atoms. The van der Waals surface area contributed by atoms with Gasteiger partial charge in [-0.25, -0.2) is 8.76 Å². The number of nitrogens with zero attached hydrogens (tertiary/aromatic N) is 2. The summed E-state index contributed by atoms with van der Waals surface area (Å²) in [6.45, 7) is 1.32. The van der Waals surface area contributed by atoms with Gasteiger partial charge in [0.25, 0.3) is 0 Å². The molecule has 0 bridgehead atoms. The number of aromatic nitrogens is 1. The van der Waals surface area contributed by atoms with Crippen LogP contribution in [0.5, 0.6) is 0 Å². The lowest BCUT2D eigenvalue weighted by Crippen LogP contribution is -2.24. The van der Waals surface area contributed by atoms with Crippen LogP contribution in [-0.4, -0.2) is 28.8 Å². The minimum atomic E-state index is -0.490. The summed E-state index contributed by atoms with van der Waals surface area (Å²) < 4.78 is 17.5. The number of nitrogens with one attached hydrogen (secondary N) is 1. The van der Waals surface area contributed by atoms with Crippen LogP contribution in [0.15, 0.2) is 30.5 Å². The molecule has 1 aromatic heterocycles. The highest BCUT2D eigenvalue weighted by atomic mass is 32.1. The Balaban J connectivity index is 1.80. The van der Waals surface area contributed by atoms with Gasteiger partial charge in [0.15, 0.2) is 0 Å². The van der Waals surface area contributed by atoms with Gasteiger partial charge in [-0.15, -0.1) is 0 Å². The molecule has 5 nitrogen and oxygen atoms in total. The minimum Gasteiger partial charge on any atom is -0.399 e. The van der Waals surface area contributed by atoms with Gasteiger partial charge in [-0.05, 0) is 42.8 Å². The van der Waals surface area contributed by atoms with Crippen molar-refractivity contribution in [2.45, 2.75) is 13.0 Å². The van der Waals surface area contributed by atoms with E-state index in [1.807, 2.05) is 18.0 Å². The van der Waals surface area contributed by atoms with Crippen LogP contribution in [-0.2, 0) is 11.3 Å². The third-order valence-electron chi connectivity index (χ3n) is 2.90. The van der Waals surface area contributed by atoms with Crippen LogP contribution in [0, 0.1) is 5.82 Å². The lowest BCUT2D eigenvalue weighted by atomic mass is 10.2. The smallest absolute Gasteiger partial charge is 0.225 e. The molecule has 1 aromatic carbocycles. The van der Waals surface area contributed by atoms with Gasteiger partial charge in [-0.1, -0.05) is 0 Å². The molecule has 21 heavy (non-hydrogen) atoms. The van der Waals surface area contributed by atoms with Gasteiger partial charge < -0.3 is 16.0 Å². The third-order valence-corrected chi connectivity index (χ3v) is 3.63. The maximum absolute atomic E-state index is 13.5. The Morgan fingerprint density at radius 3 is 3.00 bits per heavy atom. The molecule has 0 fully saturated rings. The number of hydrogen-bond donors (Lipinski definition) is 2. The van der Waals surface area contributed by atoms with Crippen molar-refractivity contribution in [3.05, 3.63) is 41.2 Å². The van der Waals surface area contributed by atoms with Crippen molar-refractivity contribution in [3.63, 3.8) is 0 Å². The van der Waals surface area contributed by atoms with Crippen molar-refractivity contribution < 1.29 is 9.18 Å². The number of hydrogen-bond acceptors (Lipinski definition) is 5. The van der Waals surface area contributed by atoms with Gasteiger partial charge in [0.1, 0.15) is 5.82 Å². The standard InChI is InChI=1S/C14H17FN4OS/c1-19(9-11-4-6-17-21-11)7-5-14(20)18-13-8-10(16)2-3-12(13)15/h2-4,6,8H,5,7,9,16H2,1H3,(H,18,20). The molecule has 3 N–H and O–H groups in total. The number of rotatable bonds is 6. The fourth-order valence-corrected chi connectivity index (χ4v) is 2.47. The van der Waals surface area contributed by atoms with Crippen molar-refractivity contribution in [2.75, 3.05) is 24.6 Å². The quantitative estimate of drug-likeness (QED) is 0.804. The van der Waals surface area contributed by atoms with Gasteiger partial charge >= 0.3 is 0 Å². The highest BCUT2D eigenvalue weighted by Gasteiger charge is 2.09. The Hall–Kier alpha value is -1.99. The monoisotopic (exact) mass is 308 g/mol. The first-order chi connectivity index (χ1) is 10.0. The number of carbonyl (C=O) groups is 1. The molecule has 0 aliphatic carbocycles. The fourth-order valence-electron chi connectivity index (χ4n) is 1.81. The van der Waals surface area contributed by atoms with E-state index >= 15 is 0 Å². The van der Waals surface area contributed by atoms with Crippen molar-refractivity contribution >= 4 is 28.8 Å². The Labute approximate surface area is 126 Å². The van der Waals surface area contributed by atoms with Crippen LogP contribution in [0.4, 0.5) is 15.8 Å². The van der Waals surface area contributed by atoms with Gasteiger partial charge in [-0.3, -0.25) is 4.79 Å². The predicted molar refractivity (Wildman–Crippen MR) is 82.5 cm³/mol. The summed E-state index contributed by atoms with van der Waals surface area (Å²) in [6.07, 6.45) is 2.03. The highest BCUT2D eigenvalue weighted by molar-refractivity contribution is 7.05. The normalized spacial score (nSPS) is 10.8.